The van der Waals surface area contributed by atoms with Gasteiger partial charge in [-0.15, -0.1) is 0 Å². The molecule has 156 valence electrons. The fourth-order valence-electron chi connectivity index (χ4n) is 3.32. The van der Waals surface area contributed by atoms with E-state index in [0.717, 1.165) is 0 Å². The molecule has 29 heavy (non-hydrogen) atoms. The zero-order chi connectivity index (χ0) is 21.0. The molecule has 4 N–H and O–H groups in total. The third kappa shape index (κ3) is 4.87. The van der Waals surface area contributed by atoms with E-state index in [1.165, 1.54) is 25.3 Å². The first-order chi connectivity index (χ1) is 13.9. The second kappa shape index (κ2) is 8.97. The Balaban J connectivity index is 2.02. The second-order valence-corrected chi connectivity index (χ2v) is 6.83. The average molecular weight is 404 g/mol. The quantitative estimate of drug-likeness (QED) is 0.619. The van der Waals surface area contributed by atoms with Crippen LogP contribution in [-0.2, 0) is 16.1 Å². The normalized spacial score (nSPS) is 15.8. The highest BCUT2D eigenvalue weighted by Crippen LogP contribution is 2.37. The van der Waals surface area contributed by atoms with Gasteiger partial charge < -0.3 is 29.8 Å². The summed E-state index contributed by atoms with van der Waals surface area (Å²) in [5.41, 5.74) is 5.30. The van der Waals surface area contributed by atoms with Crippen molar-refractivity contribution >= 4 is 5.91 Å². The summed E-state index contributed by atoms with van der Waals surface area (Å²) in [6.07, 6.45) is -0.203. The van der Waals surface area contributed by atoms with Crippen molar-refractivity contribution in [3.63, 3.8) is 0 Å². The largest absolute Gasteiger partial charge is 0.504 e. The summed E-state index contributed by atoms with van der Waals surface area (Å²) in [5, 5.41) is 20.2. The van der Waals surface area contributed by atoms with Gasteiger partial charge in [-0.25, -0.2) is 0 Å². The average Bonchev–Trinajstić information content (AvgIpc) is 2.70. The number of primary amides is 1. The van der Waals surface area contributed by atoms with E-state index >= 15 is 0 Å². The topological polar surface area (TPSA) is 135 Å². The molecule has 1 aliphatic rings. The van der Waals surface area contributed by atoms with Crippen molar-refractivity contribution in [2.24, 2.45) is 5.73 Å². The van der Waals surface area contributed by atoms with Gasteiger partial charge in [0.15, 0.2) is 17.3 Å². The third-order valence-electron chi connectivity index (χ3n) is 4.81. The Morgan fingerprint density at radius 3 is 2.66 bits per heavy atom. The molecular weight excluding hydrogens is 380 g/mol. The summed E-state index contributed by atoms with van der Waals surface area (Å²) in [7, 11) is 1.39. The second-order valence-electron chi connectivity index (χ2n) is 6.83. The van der Waals surface area contributed by atoms with Crippen LogP contribution in [0.5, 0.6) is 17.2 Å². The number of hydrogen-bond acceptors (Lipinski definition) is 8. The number of amides is 1. The Labute approximate surface area is 167 Å². The van der Waals surface area contributed by atoms with Gasteiger partial charge in [0.1, 0.15) is 5.76 Å². The van der Waals surface area contributed by atoms with Crippen LogP contribution < -0.4 is 15.9 Å². The number of nitrogens with zero attached hydrogens (tertiary/aromatic N) is 1. The first kappa shape index (κ1) is 20.7. The lowest BCUT2D eigenvalue weighted by atomic mass is 9.91. The van der Waals surface area contributed by atoms with Gasteiger partial charge in [-0.05, 0) is 17.7 Å². The first-order valence-electron chi connectivity index (χ1n) is 9.20. The highest BCUT2D eigenvalue weighted by molar-refractivity contribution is 5.75. The fourth-order valence-corrected chi connectivity index (χ4v) is 3.32. The number of aromatic hydroxyl groups is 2. The van der Waals surface area contributed by atoms with Crippen LogP contribution in [0.3, 0.4) is 0 Å². The van der Waals surface area contributed by atoms with Gasteiger partial charge in [0.25, 0.3) is 0 Å². The van der Waals surface area contributed by atoms with E-state index in [1.54, 1.807) is 6.07 Å². The lowest BCUT2D eigenvalue weighted by Crippen LogP contribution is -2.35. The molecule has 0 spiro atoms. The fraction of sp³-hybridized carbons (Fsp3) is 0.400. The van der Waals surface area contributed by atoms with E-state index < -0.39 is 23.0 Å². The maximum Gasteiger partial charge on any atom is 0.227 e. The number of carbonyl (C=O) groups excluding carboxylic acids is 1. The number of morpholine rings is 1. The lowest BCUT2D eigenvalue weighted by Gasteiger charge is -2.26. The van der Waals surface area contributed by atoms with Crippen LogP contribution in [0, 0.1) is 0 Å². The van der Waals surface area contributed by atoms with Crippen LogP contribution in [0.2, 0.25) is 0 Å². The number of nitrogens with two attached hydrogens (primary N) is 1. The summed E-state index contributed by atoms with van der Waals surface area (Å²) in [4.78, 5) is 26.1. The van der Waals surface area contributed by atoms with Crippen molar-refractivity contribution in [1.29, 1.82) is 0 Å². The molecule has 1 amide bonds. The Hall–Kier alpha value is -3.04. The zero-order valence-electron chi connectivity index (χ0n) is 16.1. The minimum absolute atomic E-state index is 0.0488. The summed E-state index contributed by atoms with van der Waals surface area (Å²) in [6.45, 7) is 2.94. The standard InChI is InChI=1S/C20H24N2O7/c1-27-17-8-12(2-3-15(17)23)14(10-18(21)25)20-19(26)16(24)9-13(29-20)11-22-4-6-28-7-5-22/h2-3,8-9,14,23,26H,4-7,10-11H2,1H3,(H2,21,25)/t14-/m1/s1. The molecular formula is C20H24N2O7. The molecule has 0 bridgehead atoms. The van der Waals surface area contributed by atoms with Crippen molar-refractivity contribution in [3.8, 4) is 17.2 Å². The van der Waals surface area contributed by atoms with Crippen LogP contribution in [0.1, 0.15) is 29.4 Å². The smallest absolute Gasteiger partial charge is 0.227 e. The molecule has 0 saturated carbocycles. The van der Waals surface area contributed by atoms with Crippen molar-refractivity contribution in [3.05, 3.63) is 51.6 Å². The Kier molecular flexibility index (Phi) is 6.40. The highest BCUT2D eigenvalue weighted by atomic mass is 16.5. The minimum Gasteiger partial charge on any atom is -0.504 e. The Bertz CT molecular complexity index is 935. The van der Waals surface area contributed by atoms with Crippen molar-refractivity contribution in [1.82, 2.24) is 4.90 Å². The molecule has 3 rings (SSSR count). The molecule has 9 nitrogen and oxygen atoms in total. The van der Waals surface area contributed by atoms with E-state index in [4.69, 9.17) is 19.6 Å². The lowest BCUT2D eigenvalue weighted by molar-refractivity contribution is -0.118. The van der Waals surface area contributed by atoms with Gasteiger partial charge in [-0.1, -0.05) is 6.07 Å². The van der Waals surface area contributed by atoms with Gasteiger partial charge in [0, 0.05) is 25.6 Å². The Morgan fingerprint density at radius 2 is 2.00 bits per heavy atom. The molecule has 0 unspecified atom stereocenters. The first-order valence-corrected chi connectivity index (χ1v) is 9.20. The van der Waals surface area contributed by atoms with E-state index in [0.29, 0.717) is 44.2 Å². The van der Waals surface area contributed by atoms with E-state index in [1.807, 2.05) is 0 Å². The van der Waals surface area contributed by atoms with Crippen molar-refractivity contribution in [2.45, 2.75) is 18.9 Å². The summed E-state index contributed by atoms with van der Waals surface area (Å²) < 4.78 is 16.3. The van der Waals surface area contributed by atoms with Gasteiger partial charge >= 0.3 is 0 Å². The monoisotopic (exact) mass is 404 g/mol. The van der Waals surface area contributed by atoms with Crippen LogP contribution in [0.4, 0.5) is 0 Å². The minimum atomic E-state index is -0.820. The number of rotatable bonds is 7. The number of ether oxygens (including phenoxy) is 2. The number of methoxy groups -OCH3 is 1. The number of carbonyl (C=O) groups is 1. The van der Waals surface area contributed by atoms with Crippen molar-refractivity contribution in [2.75, 3.05) is 33.4 Å². The summed E-state index contributed by atoms with van der Waals surface area (Å²) in [6, 6.07) is 5.71. The van der Waals surface area contributed by atoms with Crippen LogP contribution in [0.25, 0.3) is 0 Å². The molecule has 1 fully saturated rings. The van der Waals surface area contributed by atoms with Gasteiger partial charge in [-0.2, -0.15) is 0 Å². The van der Waals surface area contributed by atoms with Gasteiger partial charge in [-0.3, -0.25) is 14.5 Å². The molecule has 0 aliphatic carbocycles. The number of phenolic OH excluding ortho intramolecular Hbond substituents is 1. The number of benzene rings is 1. The molecule has 1 aromatic heterocycles. The molecule has 1 aromatic carbocycles. The van der Waals surface area contributed by atoms with Crippen LogP contribution >= 0.6 is 0 Å². The molecule has 1 atom stereocenters. The SMILES string of the molecule is COc1cc([C@@H](CC(N)=O)c2oc(CN3CCOCC3)cc(=O)c2O)ccc1O. The predicted molar refractivity (Wildman–Crippen MR) is 103 cm³/mol. The predicted octanol–water partition coefficient (Wildman–Crippen LogP) is 0.899. The van der Waals surface area contributed by atoms with E-state index in [2.05, 4.69) is 4.90 Å². The van der Waals surface area contributed by atoms with E-state index in [-0.39, 0.29) is 23.7 Å². The summed E-state index contributed by atoms with van der Waals surface area (Å²) in [5.74, 6) is -1.61. The maximum atomic E-state index is 12.4. The summed E-state index contributed by atoms with van der Waals surface area (Å²) >= 11 is 0. The highest BCUT2D eigenvalue weighted by Gasteiger charge is 2.27. The Morgan fingerprint density at radius 1 is 1.28 bits per heavy atom. The van der Waals surface area contributed by atoms with Gasteiger partial charge in [0.05, 0.1) is 32.8 Å². The van der Waals surface area contributed by atoms with Crippen molar-refractivity contribution < 1.29 is 28.9 Å². The molecule has 9 heteroatoms. The molecule has 2 aromatic rings. The molecule has 1 aliphatic heterocycles. The van der Waals surface area contributed by atoms with Crippen LogP contribution in [0.15, 0.2) is 33.5 Å². The van der Waals surface area contributed by atoms with Gasteiger partial charge in [0.2, 0.25) is 17.1 Å². The molecule has 1 saturated heterocycles. The molecule has 2 heterocycles. The van der Waals surface area contributed by atoms with Crippen LogP contribution in [-0.4, -0.2) is 54.4 Å². The molecule has 0 radical (unpaired) electrons. The van der Waals surface area contributed by atoms with E-state index in [9.17, 15) is 19.8 Å². The number of hydrogen-bond donors (Lipinski definition) is 3. The number of phenols is 1. The zero-order valence-corrected chi connectivity index (χ0v) is 16.1. The maximum absolute atomic E-state index is 12.4. The third-order valence-corrected chi connectivity index (χ3v) is 4.81.